The van der Waals surface area contributed by atoms with Gasteiger partial charge in [-0.2, -0.15) is 0 Å². The van der Waals surface area contributed by atoms with Gasteiger partial charge in [-0.15, -0.1) is 12.4 Å². The zero-order valence-electron chi connectivity index (χ0n) is 22.6. The maximum atomic E-state index is 2.37. The Labute approximate surface area is 229 Å². The van der Waals surface area contributed by atoms with Crippen molar-refractivity contribution in [2.24, 2.45) is 0 Å². The average Bonchev–Trinajstić information content (AvgIpc) is 2.93. The van der Waals surface area contributed by atoms with Crippen LogP contribution in [0.4, 0.5) is 0 Å². The van der Waals surface area contributed by atoms with Crippen molar-refractivity contribution in [3.63, 3.8) is 0 Å². The zero-order valence-corrected chi connectivity index (χ0v) is 24.3. The molecule has 0 N–H and O–H groups in total. The van der Waals surface area contributed by atoms with Crippen molar-refractivity contribution in [2.45, 2.75) is 96.8 Å². The molecule has 3 rings (SSSR count). The summed E-state index contributed by atoms with van der Waals surface area (Å²) in [6.07, 6.45) is 21.0. The summed E-state index contributed by atoms with van der Waals surface area (Å²) in [6, 6.07) is 34.0. The fourth-order valence-corrected chi connectivity index (χ4v) is 9.84. The van der Waals surface area contributed by atoms with Crippen LogP contribution in [0.5, 0.6) is 0 Å². The molecule has 36 heavy (non-hydrogen) atoms. The predicted molar refractivity (Wildman–Crippen MR) is 168 cm³/mol. The predicted octanol–water partition coefficient (Wildman–Crippen LogP) is 9.88. The van der Waals surface area contributed by atoms with Crippen LogP contribution in [-0.2, 0) is 0 Å². The Morgan fingerprint density at radius 2 is 0.667 bits per heavy atom. The quantitative estimate of drug-likeness (QED) is 0.115. The first kappa shape index (κ1) is 30.6. The van der Waals surface area contributed by atoms with Crippen LogP contribution in [0.3, 0.4) is 0 Å². The smallest absolute Gasteiger partial charge is 0.112 e. The second kappa shape index (κ2) is 18.6. The molecule has 0 fully saturated rings. The van der Waals surface area contributed by atoms with E-state index in [2.05, 4.69) is 97.9 Å². The van der Waals surface area contributed by atoms with Gasteiger partial charge in [-0.1, -0.05) is 139 Å². The fraction of sp³-hybridized carbons (Fsp3) is 0.471. The Morgan fingerprint density at radius 1 is 0.389 bits per heavy atom. The van der Waals surface area contributed by atoms with Crippen molar-refractivity contribution in [3.8, 4) is 0 Å². The largest absolute Gasteiger partial charge is 0.147 e. The van der Waals surface area contributed by atoms with Crippen molar-refractivity contribution >= 4 is 35.6 Å². The molecular formula is C34H49ClP+. The Morgan fingerprint density at radius 3 is 0.972 bits per heavy atom. The Hall–Kier alpha value is -1.62. The summed E-state index contributed by atoms with van der Waals surface area (Å²) < 4.78 is 0. The standard InChI is InChI=1S/C34H48P.ClH/c1-2-3-4-5-6-7-8-9-10-11-12-13-14-24-31-35(32-25-18-15-19-26-32,33-27-20-16-21-28-33)34-29-22-17-23-30-34;/h15-23,25-30H,2-14,24,31H2,1H3;1H/q+1;. The van der Waals surface area contributed by atoms with Gasteiger partial charge in [-0.3, -0.25) is 0 Å². The fourth-order valence-electron chi connectivity index (χ4n) is 5.43. The molecule has 0 aliphatic rings. The van der Waals surface area contributed by atoms with Gasteiger partial charge < -0.3 is 0 Å². The van der Waals surface area contributed by atoms with E-state index in [1.807, 2.05) is 0 Å². The first-order valence-corrected chi connectivity index (χ1v) is 16.4. The van der Waals surface area contributed by atoms with E-state index in [4.69, 9.17) is 0 Å². The van der Waals surface area contributed by atoms with Crippen molar-refractivity contribution in [1.29, 1.82) is 0 Å². The first-order valence-electron chi connectivity index (χ1n) is 14.4. The van der Waals surface area contributed by atoms with E-state index in [0.29, 0.717) is 0 Å². The van der Waals surface area contributed by atoms with Crippen molar-refractivity contribution in [3.05, 3.63) is 91.0 Å². The van der Waals surface area contributed by atoms with Gasteiger partial charge in [-0.05, 0) is 49.2 Å². The average molecular weight is 524 g/mol. The maximum absolute atomic E-state index is 2.37. The SMILES string of the molecule is CCCCCCCCCCCCCCCC[P+](c1ccccc1)(c1ccccc1)c1ccccc1.Cl. The summed E-state index contributed by atoms with van der Waals surface area (Å²) in [5.41, 5.74) is 0. The summed E-state index contributed by atoms with van der Waals surface area (Å²) in [6.45, 7) is 2.30. The lowest BCUT2D eigenvalue weighted by atomic mass is 10.0. The van der Waals surface area contributed by atoms with Gasteiger partial charge in [0.2, 0.25) is 0 Å². The number of rotatable bonds is 18. The number of halogens is 1. The van der Waals surface area contributed by atoms with Crippen LogP contribution >= 0.6 is 19.7 Å². The third-order valence-corrected chi connectivity index (χ3v) is 12.0. The monoisotopic (exact) mass is 523 g/mol. The van der Waals surface area contributed by atoms with Crippen LogP contribution in [0.25, 0.3) is 0 Å². The van der Waals surface area contributed by atoms with Crippen LogP contribution in [0.15, 0.2) is 91.0 Å². The molecule has 0 aromatic heterocycles. The van der Waals surface area contributed by atoms with Crippen molar-refractivity contribution in [1.82, 2.24) is 0 Å². The lowest BCUT2D eigenvalue weighted by Crippen LogP contribution is -2.33. The highest BCUT2D eigenvalue weighted by Crippen LogP contribution is 2.56. The molecule has 2 heteroatoms. The summed E-state index contributed by atoms with van der Waals surface area (Å²) in [5.74, 6) is 0. The van der Waals surface area contributed by atoms with Gasteiger partial charge in [0.25, 0.3) is 0 Å². The molecule has 0 spiro atoms. The second-order valence-electron chi connectivity index (χ2n) is 10.1. The van der Waals surface area contributed by atoms with Gasteiger partial charge in [-0.25, -0.2) is 0 Å². The normalized spacial score (nSPS) is 11.2. The molecule has 196 valence electrons. The number of hydrogen-bond acceptors (Lipinski definition) is 0. The second-order valence-corrected chi connectivity index (χ2v) is 13.8. The Bertz CT molecular complexity index is 798. The molecule has 0 aliphatic heterocycles. The third-order valence-electron chi connectivity index (χ3n) is 7.44. The molecule has 0 radical (unpaired) electrons. The summed E-state index contributed by atoms with van der Waals surface area (Å²) >= 11 is 0. The molecule has 3 aromatic rings. The highest BCUT2D eigenvalue weighted by molar-refractivity contribution is 7.95. The summed E-state index contributed by atoms with van der Waals surface area (Å²) in [4.78, 5) is 0. The van der Waals surface area contributed by atoms with E-state index in [-0.39, 0.29) is 12.4 Å². The lowest BCUT2D eigenvalue weighted by Gasteiger charge is -2.27. The molecular weight excluding hydrogens is 475 g/mol. The minimum absolute atomic E-state index is 0. The van der Waals surface area contributed by atoms with E-state index in [1.54, 1.807) is 0 Å². The molecule has 0 saturated carbocycles. The van der Waals surface area contributed by atoms with Crippen LogP contribution in [0, 0.1) is 0 Å². The number of hydrogen-bond donors (Lipinski definition) is 0. The molecule has 0 bridgehead atoms. The topological polar surface area (TPSA) is 0 Å². The van der Waals surface area contributed by atoms with E-state index in [9.17, 15) is 0 Å². The Balaban J connectivity index is 0.00000456. The molecule has 0 nitrogen and oxygen atoms in total. The van der Waals surface area contributed by atoms with E-state index in [0.717, 1.165) is 0 Å². The van der Waals surface area contributed by atoms with Crippen LogP contribution in [0.1, 0.15) is 96.8 Å². The van der Waals surface area contributed by atoms with Crippen LogP contribution < -0.4 is 15.9 Å². The zero-order chi connectivity index (χ0) is 24.4. The van der Waals surface area contributed by atoms with E-state index >= 15 is 0 Å². The molecule has 0 heterocycles. The lowest BCUT2D eigenvalue weighted by molar-refractivity contribution is 0.538. The molecule has 0 atom stereocenters. The molecule has 0 saturated heterocycles. The highest BCUT2D eigenvalue weighted by atomic mass is 35.5. The minimum atomic E-state index is -1.64. The maximum Gasteiger partial charge on any atom is 0.112 e. The van der Waals surface area contributed by atoms with E-state index in [1.165, 1.54) is 112 Å². The first-order chi connectivity index (χ1) is 17.4. The van der Waals surface area contributed by atoms with Gasteiger partial charge in [0.15, 0.2) is 0 Å². The van der Waals surface area contributed by atoms with Gasteiger partial charge in [0.05, 0.1) is 6.16 Å². The minimum Gasteiger partial charge on any atom is -0.147 e. The molecule has 0 aliphatic carbocycles. The highest BCUT2D eigenvalue weighted by Gasteiger charge is 2.44. The van der Waals surface area contributed by atoms with Gasteiger partial charge in [0.1, 0.15) is 23.2 Å². The van der Waals surface area contributed by atoms with Crippen molar-refractivity contribution < 1.29 is 0 Å². The van der Waals surface area contributed by atoms with Gasteiger partial charge in [0, 0.05) is 0 Å². The van der Waals surface area contributed by atoms with Gasteiger partial charge >= 0.3 is 0 Å². The number of unbranched alkanes of at least 4 members (excludes halogenated alkanes) is 13. The molecule has 0 amide bonds. The molecule has 0 unspecified atom stereocenters. The molecule has 3 aromatic carbocycles. The van der Waals surface area contributed by atoms with Crippen LogP contribution in [0.2, 0.25) is 0 Å². The summed E-state index contributed by atoms with van der Waals surface area (Å²) in [7, 11) is -1.64. The Kier molecular flexibility index (Phi) is 15.8. The van der Waals surface area contributed by atoms with E-state index < -0.39 is 7.26 Å². The third kappa shape index (κ3) is 9.68. The van der Waals surface area contributed by atoms with Crippen LogP contribution in [-0.4, -0.2) is 6.16 Å². The summed E-state index contributed by atoms with van der Waals surface area (Å²) in [5, 5.41) is 4.56. The number of benzene rings is 3. The van der Waals surface area contributed by atoms with Crippen molar-refractivity contribution in [2.75, 3.05) is 6.16 Å².